The van der Waals surface area contributed by atoms with Crippen LogP contribution in [-0.4, -0.2) is 75.5 Å². The summed E-state index contributed by atoms with van der Waals surface area (Å²) < 4.78 is 17.0. The molecule has 8 nitrogen and oxygen atoms in total. The third kappa shape index (κ3) is 34.5. The van der Waals surface area contributed by atoms with Gasteiger partial charge in [0.25, 0.3) is 0 Å². The molecule has 0 aromatic carbocycles. The van der Waals surface area contributed by atoms with Gasteiger partial charge in [0.2, 0.25) is 0 Å². The first-order valence-electron chi connectivity index (χ1n) is 21.0. The maximum absolute atomic E-state index is 12.7. The largest absolute Gasteiger partial charge is 0.544 e. The van der Waals surface area contributed by atoms with Gasteiger partial charge in [-0.15, -0.1) is 0 Å². The lowest BCUT2D eigenvalue weighted by Gasteiger charge is -2.34. The smallest absolute Gasteiger partial charge is 0.306 e. The van der Waals surface area contributed by atoms with E-state index in [1.165, 1.54) is 64.2 Å². The van der Waals surface area contributed by atoms with Crippen LogP contribution in [0.3, 0.4) is 0 Å². The van der Waals surface area contributed by atoms with Gasteiger partial charge in [-0.3, -0.25) is 9.59 Å². The number of carboxylic acid groups (broad SMARTS) is 1. The lowest BCUT2D eigenvalue weighted by atomic mass is 10.1. The molecular formula is C46H77NO7. The number of allylic oxidation sites excluding steroid dienone is 12. The van der Waals surface area contributed by atoms with Crippen LogP contribution < -0.4 is 5.11 Å². The van der Waals surface area contributed by atoms with E-state index in [9.17, 15) is 19.5 Å². The van der Waals surface area contributed by atoms with Crippen molar-refractivity contribution in [1.82, 2.24) is 0 Å². The average Bonchev–Trinajstić information content (AvgIpc) is 3.12. The molecule has 0 rings (SSSR count). The summed E-state index contributed by atoms with van der Waals surface area (Å²) >= 11 is 0. The van der Waals surface area contributed by atoms with E-state index < -0.39 is 18.1 Å². The Kier molecular flexibility index (Phi) is 34.5. The molecule has 0 radical (unpaired) electrons. The monoisotopic (exact) mass is 756 g/mol. The van der Waals surface area contributed by atoms with Gasteiger partial charge >= 0.3 is 11.9 Å². The SMILES string of the molecule is CCCCC/C=C/C/C=C/C/C=C/C/C=C/CCCC(=O)OC(COCCC(C(=O)[O-])[N+](C)(C)C)COC(=O)CC/C=C/C/C=C/CCCCCCCC. The Morgan fingerprint density at radius 2 is 1.02 bits per heavy atom. The van der Waals surface area contributed by atoms with E-state index >= 15 is 0 Å². The first-order chi connectivity index (χ1) is 26.1. The Labute approximate surface area is 330 Å². The number of carbonyl (C=O) groups excluding carboxylic acids is 3. The molecule has 0 spiro atoms. The van der Waals surface area contributed by atoms with E-state index in [4.69, 9.17) is 14.2 Å². The zero-order valence-electron chi connectivity index (χ0n) is 34.9. The molecule has 0 heterocycles. The van der Waals surface area contributed by atoms with Crippen LogP contribution in [0.4, 0.5) is 0 Å². The number of hydrogen-bond acceptors (Lipinski definition) is 7. The zero-order valence-corrected chi connectivity index (χ0v) is 34.9. The van der Waals surface area contributed by atoms with Gasteiger partial charge in [-0.1, -0.05) is 132 Å². The third-order valence-corrected chi connectivity index (χ3v) is 8.83. The van der Waals surface area contributed by atoms with Crippen molar-refractivity contribution in [3.8, 4) is 0 Å². The number of carbonyl (C=O) groups is 3. The fraction of sp³-hybridized carbons (Fsp3) is 0.674. The molecule has 0 saturated heterocycles. The number of ether oxygens (including phenoxy) is 3. The van der Waals surface area contributed by atoms with Crippen LogP contribution in [0.2, 0.25) is 0 Å². The van der Waals surface area contributed by atoms with Crippen LogP contribution in [-0.2, 0) is 28.6 Å². The first kappa shape index (κ1) is 50.8. The van der Waals surface area contributed by atoms with Crippen LogP contribution in [0.25, 0.3) is 0 Å². The summed E-state index contributed by atoms with van der Waals surface area (Å²) in [4.78, 5) is 36.7. The lowest BCUT2D eigenvalue weighted by molar-refractivity contribution is -0.889. The van der Waals surface area contributed by atoms with E-state index in [1.54, 1.807) is 21.1 Å². The quantitative estimate of drug-likeness (QED) is 0.0272. The molecule has 0 amide bonds. The van der Waals surface area contributed by atoms with E-state index in [0.29, 0.717) is 12.8 Å². The van der Waals surface area contributed by atoms with Gasteiger partial charge in [0.05, 0.1) is 40.3 Å². The predicted molar refractivity (Wildman–Crippen MR) is 222 cm³/mol. The van der Waals surface area contributed by atoms with Crippen LogP contribution in [0.5, 0.6) is 0 Å². The summed E-state index contributed by atoms with van der Waals surface area (Å²) in [6, 6.07) is -0.745. The molecule has 8 heteroatoms. The lowest BCUT2D eigenvalue weighted by Crippen LogP contribution is -2.55. The summed E-state index contributed by atoms with van der Waals surface area (Å²) in [6.07, 6.45) is 45.2. The number of carboxylic acids is 1. The highest BCUT2D eigenvalue weighted by Gasteiger charge is 2.25. The van der Waals surface area contributed by atoms with Crippen molar-refractivity contribution in [2.24, 2.45) is 0 Å². The molecule has 0 bridgehead atoms. The number of likely N-dealkylation sites (N-methyl/N-ethyl adjacent to an activating group) is 1. The second-order valence-corrected chi connectivity index (χ2v) is 14.9. The fourth-order valence-corrected chi connectivity index (χ4v) is 5.53. The van der Waals surface area contributed by atoms with Gasteiger partial charge in [-0.05, 0) is 70.6 Å². The summed E-state index contributed by atoms with van der Waals surface area (Å²) in [5, 5.41) is 11.6. The number of aliphatic carboxylic acids is 1. The Balaban J connectivity index is 4.57. The highest BCUT2D eigenvalue weighted by molar-refractivity contribution is 5.70. The summed E-state index contributed by atoms with van der Waals surface area (Å²) in [7, 11) is 5.36. The number of nitrogens with zero attached hydrogens (tertiary/aromatic N) is 1. The van der Waals surface area contributed by atoms with Gasteiger partial charge in [-0.2, -0.15) is 0 Å². The molecule has 0 aliphatic carbocycles. The summed E-state index contributed by atoms with van der Waals surface area (Å²) in [5.41, 5.74) is 0. The standard InChI is InChI=1S/C46H77NO7/c1-6-8-10-12-14-16-18-20-21-22-23-25-27-29-31-33-35-37-45(49)54-42(40-52-39-38-43(46(50)51)47(3,4)5)41-53-44(48)36-34-32-30-28-26-24-19-17-15-13-11-9-7-2/h14,16,20-21,23-26,29-32,42-43H,6-13,15,17-19,22,27-28,33-41H2,1-5H3/b16-14+,21-20+,25-23+,26-24+,31-29+,32-30+. The van der Waals surface area contributed by atoms with Crippen molar-refractivity contribution in [2.45, 2.75) is 161 Å². The second kappa shape index (κ2) is 36.7. The topological polar surface area (TPSA) is 102 Å². The normalized spacial score (nSPS) is 13.7. The van der Waals surface area contributed by atoms with Crippen molar-refractivity contribution in [1.29, 1.82) is 0 Å². The third-order valence-electron chi connectivity index (χ3n) is 8.83. The highest BCUT2D eigenvalue weighted by atomic mass is 16.6. The summed E-state index contributed by atoms with van der Waals surface area (Å²) in [6.45, 7) is 4.48. The highest BCUT2D eigenvalue weighted by Crippen LogP contribution is 2.10. The Morgan fingerprint density at radius 3 is 1.56 bits per heavy atom. The number of rotatable bonds is 36. The van der Waals surface area contributed by atoms with Crippen LogP contribution in [0.15, 0.2) is 72.9 Å². The van der Waals surface area contributed by atoms with Crippen molar-refractivity contribution < 1.29 is 38.2 Å². The van der Waals surface area contributed by atoms with Crippen molar-refractivity contribution in [3.63, 3.8) is 0 Å². The molecule has 0 aliphatic rings. The summed E-state index contributed by atoms with van der Waals surface area (Å²) in [5.74, 6) is -1.90. The fourth-order valence-electron chi connectivity index (χ4n) is 5.53. The minimum Gasteiger partial charge on any atom is -0.544 e. The number of unbranched alkanes of at least 4 members (excludes halogenated alkanes) is 10. The molecule has 0 saturated carbocycles. The molecule has 308 valence electrons. The average molecular weight is 756 g/mol. The molecule has 0 fully saturated rings. The van der Waals surface area contributed by atoms with Gasteiger partial charge in [0.1, 0.15) is 12.6 Å². The molecule has 2 atom stereocenters. The van der Waals surface area contributed by atoms with E-state index in [0.717, 1.165) is 38.5 Å². The minimum absolute atomic E-state index is 0.00190. The maximum atomic E-state index is 12.7. The number of quaternary nitrogens is 1. The second-order valence-electron chi connectivity index (χ2n) is 14.9. The molecule has 0 N–H and O–H groups in total. The molecule has 0 aromatic rings. The number of hydrogen-bond donors (Lipinski definition) is 0. The van der Waals surface area contributed by atoms with Gasteiger partial charge in [0, 0.05) is 19.3 Å². The van der Waals surface area contributed by atoms with Crippen LogP contribution in [0.1, 0.15) is 149 Å². The molecule has 0 aliphatic heterocycles. The molecular weight excluding hydrogens is 679 g/mol. The number of esters is 2. The van der Waals surface area contributed by atoms with Crippen LogP contribution >= 0.6 is 0 Å². The van der Waals surface area contributed by atoms with Gasteiger partial charge < -0.3 is 28.6 Å². The van der Waals surface area contributed by atoms with Crippen molar-refractivity contribution in [2.75, 3.05) is 41.0 Å². The van der Waals surface area contributed by atoms with E-state index in [1.807, 2.05) is 6.08 Å². The van der Waals surface area contributed by atoms with E-state index in [2.05, 4.69) is 80.7 Å². The van der Waals surface area contributed by atoms with Gasteiger partial charge in [-0.25, -0.2) is 0 Å². The van der Waals surface area contributed by atoms with Gasteiger partial charge in [0.15, 0.2) is 6.10 Å². The maximum Gasteiger partial charge on any atom is 0.306 e. The predicted octanol–water partition coefficient (Wildman–Crippen LogP) is 9.85. The van der Waals surface area contributed by atoms with E-state index in [-0.39, 0.29) is 55.5 Å². The Bertz CT molecular complexity index is 1110. The Morgan fingerprint density at radius 1 is 0.556 bits per heavy atom. The molecule has 54 heavy (non-hydrogen) atoms. The Hall–Kier alpha value is -3.23. The molecule has 2 unspecified atom stereocenters. The van der Waals surface area contributed by atoms with Crippen molar-refractivity contribution in [3.05, 3.63) is 72.9 Å². The van der Waals surface area contributed by atoms with Crippen molar-refractivity contribution >= 4 is 17.9 Å². The molecule has 0 aromatic heterocycles. The minimum atomic E-state index is -1.14. The van der Waals surface area contributed by atoms with Crippen LogP contribution in [0, 0.1) is 0 Å². The first-order valence-corrected chi connectivity index (χ1v) is 21.0. The zero-order chi connectivity index (χ0) is 40.0.